The quantitative estimate of drug-likeness (QED) is 0.863. The molecule has 3 rings (SSSR count). The van der Waals surface area contributed by atoms with Gasteiger partial charge in [-0.3, -0.25) is 0 Å². The first-order valence-corrected chi connectivity index (χ1v) is 7.08. The molecule has 1 aliphatic heterocycles. The molecule has 4 nitrogen and oxygen atoms in total. The summed E-state index contributed by atoms with van der Waals surface area (Å²) in [5.41, 5.74) is 7.82. The first kappa shape index (κ1) is 13.1. The Kier molecular flexibility index (Phi) is 3.65. The number of nitrogens with two attached hydrogens (primary N) is 1. The molecule has 0 radical (unpaired) electrons. The van der Waals surface area contributed by atoms with Crippen molar-refractivity contribution in [2.75, 3.05) is 41.7 Å². The summed E-state index contributed by atoms with van der Waals surface area (Å²) in [4.78, 5) is 8.93. The number of pyridine rings is 1. The SMILES string of the molecule is Nc1cccc(N2CCN(c3ncccc3Cl)CC2)c1. The predicted octanol–water partition coefficient (Wildman–Crippen LogP) is 2.64. The Labute approximate surface area is 123 Å². The molecule has 1 aromatic carbocycles. The molecule has 0 saturated carbocycles. The number of hydrogen-bond acceptors (Lipinski definition) is 4. The van der Waals surface area contributed by atoms with Crippen molar-refractivity contribution in [1.29, 1.82) is 0 Å². The number of benzene rings is 1. The van der Waals surface area contributed by atoms with Crippen LogP contribution in [0.1, 0.15) is 0 Å². The third-order valence-corrected chi connectivity index (χ3v) is 3.85. The van der Waals surface area contributed by atoms with E-state index < -0.39 is 0 Å². The Bertz CT molecular complexity index is 594. The Hall–Kier alpha value is -1.94. The van der Waals surface area contributed by atoms with Crippen LogP contribution in [0, 0.1) is 0 Å². The van der Waals surface area contributed by atoms with E-state index in [2.05, 4.69) is 20.9 Å². The average molecular weight is 289 g/mol. The van der Waals surface area contributed by atoms with E-state index in [1.54, 1.807) is 6.20 Å². The Balaban J connectivity index is 1.70. The first-order valence-electron chi connectivity index (χ1n) is 6.70. The van der Waals surface area contributed by atoms with Gasteiger partial charge in [-0.1, -0.05) is 17.7 Å². The minimum absolute atomic E-state index is 0.713. The summed E-state index contributed by atoms with van der Waals surface area (Å²) in [7, 11) is 0. The number of rotatable bonds is 2. The molecule has 104 valence electrons. The number of halogens is 1. The lowest BCUT2D eigenvalue weighted by molar-refractivity contribution is 0.647. The summed E-state index contributed by atoms with van der Waals surface area (Å²) in [6.45, 7) is 3.70. The van der Waals surface area contributed by atoms with Gasteiger partial charge >= 0.3 is 0 Å². The predicted molar refractivity (Wildman–Crippen MR) is 84.5 cm³/mol. The van der Waals surface area contributed by atoms with Gasteiger partial charge in [-0.05, 0) is 30.3 Å². The van der Waals surface area contributed by atoms with Gasteiger partial charge in [0.15, 0.2) is 0 Å². The third-order valence-electron chi connectivity index (χ3n) is 3.55. The van der Waals surface area contributed by atoms with E-state index in [0.29, 0.717) is 5.02 Å². The standard InChI is InChI=1S/C15H17ClN4/c16-14-5-2-6-18-15(14)20-9-7-19(8-10-20)13-4-1-3-12(17)11-13/h1-6,11H,7-10,17H2. The maximum Gasteiger partial charge on any atom is 0.147 e. The van der Waals surface area contributed by atoms with Gasteiger partial charge in [0.05, 0.1) is 5.02 Å². The fraction of sp³-hybridized carbons (Fsp3) is 0.267. The van der Waals surface area contributed by atoms with Crippen molar-refractivity contribution in [2.24, 2.45) is 0 Å². The van der Waals surface area contributed by atoms with Crippen molar-refractivity contribution >= 4 is 28.8 Å². The molecule has 0 atom stereocenters. The minimum atomic E-state index is 0.713. The number of nitrogen functional groups attached to an aromatic ring is 1. The molecule has 0 unspecified atom stereocenters. The van der Waals surface area contributed by atoms with Gasteiger partial charge in [-0.2, -0.15) is 0 Å². The van der Waals surface area contributed by atoms with E-state index in [-0.39, 0.29) is 0 Å². The van der Waals surface area contributed by atoms with Crippen molar-refractivity contribution in [3.8, 4) is 0 Å². The first-order chi connectivity index (χ1) is 9.74. The molecule has 20 heavy (non-hydrogen) atoms. The fourth-order valence-electron chi connectivity index (χ4n) is 2.51. The van der Waals surface area contributed by atoms with Crippen LogP contribution in [-0.2, 0) is 0 Å². The van der Waals surface area contributed by atoms with Crippen LogP contribution in [-0.4, -0.2) is 31.2 Å². The lowest BCUT2D eigenvalue weighted by atomic mass is 10.2. The zero-order chi connectivity index (χ0) is 13.9. The second-order valence-electron chi connectivity index (χ2n) is 4.88. The molecular weight excluding hydrogens is 272 g/mol. The average Bonchev–Trinajstić information content (AvgIpc) is 2.48. The van der Waals surface area contributed by atoms with Crippen molar-refractivity contribution in [1.82, 2.24) is 4.98 Å². The number of aromatic nitrogens is 1. The van der Waals surface area contributed by atoms with Gasteiger partial charge in [-0.25, -0.2) is 4.98 Å². The maximum atomic E-state index is 6.20. The minimum Gasteiger partial charge on any atom is -0.399 e. The van der Waals surface area contributed by atoms with Crippen LogP contribution in [0.15, 0.2) is 42.6 Å². The molecular formula is C15H17ClN4. The second kappa shape index (κ2) is 5.59. The fourth-order valence-corrected chi connectivity index (χ4v) is 2.75. The van der Waals surface area contributed by atoms with E-state index in [1.807, 2.05) is 30.3 Å². The molecule has 1 fully saturated rings. The second-order valence-corrected chi connectivity index (χ2v) is 5.29. The molecule has 0 amide bonds. The zero-order valence-electron chi connectivity index (χ0n) is 11.2. The third kappa shape index (κ3) is 2.65. The van der Waals surface area contributed by atoms with E-state index >= 15 is 0 Å². The van der Waals surface area contributed by atoms with Gasteiger partial charge < -0.3 is 15.5 Å². The zero-order valence-corrected chi connectivity index (χ0v) is 11.9. The molecule has 1 aliphatic rings. The van der Waals surface area contributed by atoms with Crippen LogP contribution < -0.4 is 15.5 Å². The monoisotopic (exact) mass is 288 g/mol. The molecule has 0 bridgehead atoms. The van der Waals surface area contributed by atoms with Crippen LogP contribution in [0.3, 0.4) is 0 Å². The van der Waals surface area contributed by atoms with Gasteiger partial charge in [0.2, 0.25) is 0 Å². The lowest BCUT2D eigenvalue weighted by Crippen LogP contribution is -2.46. The summed E-state index contributed by atoms with van der Waals surface area (Å²) in [5.74, 6) is 0.876. The van der Waals surface area contributed by atoms with Crippen LogP contribution in [0.2, 0.25) is 5.02 Å². The van der Waals surface area contributed by atoms with E-state index in [1.165, 1.54) is 5.69 Å². The van der Waals surface area contributed by atoms with Crippen molar-refractivity contribution in [2.45, 2.75) is 0 Å². The highest BCUT2D eigenvalue weighted by Crippen LogP contribution is 2.25. The lowest BCUT2D eigenvalue weighted by Gasteiger charge is -2.37. The Morgan fingerprint density at radius 2 is 1.75 bits per heavy atom. The number of hydrogen-bond donors (Lipinski definition) is 1. The van der Waals surface area contributed by atoms with Gasteiger partial charge in [0.1, 0.15) is 5.82 Å². The van der Waals surface area contributed by atoms with E-state index in [9.17, 15) is 0 Å². The van der Waals surface area contributed by atoms with Crippen LogP contribution in [0.4, 0.5) is 17.2 Å². The molecule has 5 heteroatoms. The summed E-state index contributed by atoms with van der Waals surface area (Å²) >= 11 is 6.20. The van der Waals surface area contributed by atoms with Crippen LogP contribution in [0.25, 0.3) is 0 Å². The van der Waals surface area contributed by atoms with Gasteiger partial charge in [0.25, 0.3) is 0 Å². The summed E-state index contributed by atoms with van der Waals surface area (Å²) < 4.78 is 0. The highest BCUT2D eigenvalue weighted by molar-refractivity contribution is 6.32. The molecule has 0 aliphatic carbocycles. The molecule has 0 spiro atoms. The smallest absolute Gasteiger partial charge is 0.147 e. The van der Waals surface area contributed by atoms with Crippen molar-refractivity contribution in [3.05, 3.63) is 47.6 Å². The van der Waals surface area contributed by atoms with Crippen LogP contribution >= 0.6 is 11.6 Å². The highest BCUT2D eigenvalue weighted by Gasteiger charge is 2.19. The van der Waals surface area contributed by atoms with Crippen molar-refractivity contribution in [3.63, 3.8) is 0 Å². The normalized spacial score (nSPS) is 15.4. The molecule has 2 aromatic rings. The van der Waals surface area contributed by atoms with E-state index in [0.717, 1.165) is 37.7 Å². The maximum absolute atomic E-state index is 6.20. The molecule has 1 saturated heterocycles. The highest BCUT2D eigenvalue weighted by atomic mass is 35.5. The van der Waals surface area contributed by atoms with Crippen LogP contribution in [0.5, 0.6) is 0 Å². The number of piperazine rings is 1. The van der Waals surface area contributed by atoms with E-state index in [4.69, 9.17) is 17.3 Å². The van der Waals surface area contributed by atoms with Gasteiger partial charge in [0, 0.05) is 43.8 Å². The Morgan fingerprint density at radius 3 is 2.45 bits per heavy atom. The number of nitrogens with zero attached hydrogens (tertiary/aromatic N) is 3. The number of anilines is 3. The molecule has 2 heterocycles. The van der Waals surface area contributed by atoms with Crippen molar-refractivity contribution < 1.29 is 0 Å². The summed E-state index contributed by atoms with van der Waals surface area (Å²) in [6, 6.07) is 11.8. The topological polar surface area (TPSA) is 45.4 Å². The van der Waals surface area contributed by atoms with Gasteiger partial charge in [-0.15, -0.1) is 0 Å². The molecule has 1 aromatic heterocycles. The Morgan fingerprint density at radius 1 is 1.00 bits per heavy atom. The summed E-state index contributed by atoms with van der Waals surface area (Å²) in [6.07, 6.45) is 1.78. The summed E-state index contributed by atoms with van der Waals surface area (Å²) in [5, 5.41) is 0.713. The largest absolute Gasteiger partial charge is 0.399 e. The molecule has 2 N–H and O–H groups in total.